The highest BCUT2D eigenvalue weighted by Crippen LogP contribution is 2.04. The fourth-order valence-corrected chi connectivity index (χ4v) is 1.44. The van der Waals surface area contributed by atoms with Gasteiger partial charge in [0, 0.05) is 0 Å². The van der Waals surface area contributed by atoms with Gasteiger partial charge in [-0.1, -0.05) is 0 Å². The lowest BCUT2D eigenvalue weighted by Crippen LogP contribution is -2.53. The maximum atomic E-state index is 10.4. The first-order valence-corrected chi connectivity index (χ1v) is 5.52. The van der Waals surface area contributed by atoms with Crippen molar-refractivity contribution >= 4 is 16.6 Å². The van der Waals surface area contributed by atoms with Crippen molar-refractivity contribution in [2.75, 3.05) is 6.61 Å². The Kier molecular flexibility index (Phi) is 5.96. The van der Waals surface area contributed by atoms with E-state index in [0.29, 0.717) is 0 Å². The van der Waals surface area contributed by atoms with Crippen LogP contribution in [-0.4, -0.2) is 70.6 Å². The van der Waals surface area contributed by atoms with Crippen LogP contribution in [0.25, 0.3) is 0 Å². The second-order valence-corrected chi connectivity index (χ2v) is 4.17. The molecule has 0 aliphatic heterocycles. The number of nitrogens with one attached hydrogen (secondary N) is 1. The van der Waals surface area contributed by atoms with Gasteiger partial charge in [0.15, 0.2) is 0 Å². The summed E-state index contributed by atoms with van der Waals surface area (Å²) in [4.78, 5) is 10.4. The minimum atomic E-state index is -4.74. The van der Waals surface area contributed by atoms with Crippen molar-refractivity contribution in [2.24, 2.45) is 0 Å². The number of aliphatic hydroxyl groups excluding tert-OH is 4. The molecule has 6 N–H and O–H groups in total. The summed E-state index contributed by atoms with van der Waals surface area (Å²) in [6.07, 6.45) is -5.79. The molecule has 0 unspecified atom stereocenters. The molecule has 0 aliphatic carbocycles. The van der Waals surface area contributed by atoms with E-state index in [0.717, 1.165) is 0 Å². The third-order valence-corrected chi connectivity index (χ3v) is 2.30. The molecule has 4 atom stereocenters. The van der Waals surface area contributed by atoms with Crippen LogP contribution in [0.4, 0.5) is 0 Å². The number of carbonyl (C=O) groups excluding carboxylic acids is 1. The van der Waals surface area contributed by atoms with E-state index < -0.39 is 41.3 Å². The Morgan fingerprint density at radius 2 is 1.69 bits per heavy atom. The zero-order chi connectivity index (χ0) is 12.9. The van der Waals surface area contributed by atoms with Crippen LogP contribution in [0.2, 0.25) is 0 Å². The Morgan fingerprint density at radius 1 is 1.19 bits per heavy atom. The van der Waals surface area contributed by atoms with E-state index in [9.17, 15) is 18.3 Å². The molecule has 0 amide bonds. The summed E-state index contributed by atoms with van der Waals surface area (Å²) < 4.78 is 30.4. The minimum absolute atomic E-state index is 0.0776. The van der Waals surface area contributed by atoms with E-state index >= 15 is 0 Å². The van der Waals surface area contributed by atoms with E-state index in [-0.39, 0.29) is 6.29 Å². The molecule has 0 rings (SSSR count). The first kappa shape index (κ1) is 15.4. The molecule has 0 aromatic carbocycles. The molecular weight excluding hydrogens is 246 g/mol. The molecule has 0 spiro atoms. The summed E-state index contributed by atoms with van der Waals surface area (Å²) in [5.74, 6) is 0. The Bertz CT molecular complexity index is 316. The highest BCUT2D eigenvalue weighted by atomic mass is 32.2. The van der Waals surface area contributed by atoms with Crippen LogP contribution >= 0.6 is 0 Å². The van der Waals surface area contributed by atoms with Crippen LogP contribution < -0.4 is 4.72 Å². The van der Waals surface area contributed by atoms with Crippen molar-refractivity contribution in [3.05, 3.63) is 0 Å². The lowest BCUT2D eigenvalue weighted by molar-refractivity contribution is -0.119. The van der Waals surface area contributed by atoms with Crippen molar-refractivity contribution in [1.82, 2.24) is 4.72 Å². The maximum absolute atomic E-state index is 10.4. The number of rotatable bonds is 7. The molecule has 0 aromatic heterocycles. The van der Waals surface area contributed by atoms with Gasteiger partial charge in [-0.2, -0.15) is 13.1 Å². The van der Waals surface area contributed by atoms with Gasteiger partial charge in [0.1, 0.15) is 30.6 Å². The fourth-order valence-electron chi connectivity index (χ4n) is 0.898. The van der Waals surface area contributed by atoms with Crippen molar-refractivity contribution in [3.8, 4) is 0 Å². The van der Waals surface area contributed by atoms with Crippen molar-refractivity contribution in [3.63, 3.8) is 0 Å². The molecular formula is C6H13NO8S. The van der Waals surface area contributed by atoms with Gasteiger partial charge in [0.2, 0.25) is 0 Å². The Labute approximate surface area is 91.2 Å². The normalized spacial score (nSPS) is 19.8. The SMILES string of the molecule is O=C[C@H](NS(=O)(=O)O)[C@H](O)[C@H](O)[C@@H](O)CO. The predicted octanol–water partition coefficient (Wildman–Crippen LogP) is -3.98. The average Bonchev–Trinajstić information content (AvgIpc) is 2.21. The Balaban J connectivity index is 4.65. The van der Waals surface area contributed by atoms with E-state index in [1.165, 1.54) is 4.72 Å². The van der Waals surface area contributed by atoms with Gasteiger partial charge in [-0.3, -0.25) is 4.55 Å². The van der Waals surface area contributed by atoms with E-state index in [1.54, 1.807) is 0 Å². The van der Waals surface area contributed by atoms with Gasteiger partial charge >= 0.3 is 10.3 Å². The minimum Gasteiger partial charge on any atom is -0.394 e. The molecule has 0 aliphatic rings. The first-order valence-electron chi connectivity index (χ1n) is 4.08. The standard InChI is InChI=1S/C6H13NO8S/c8-1-3(7-16(13,14)15)5(11)6(12)4(10)2-9/h1,3-7,9-12H,2H2,(H,13,14,15)/t3-,4-,5-,6+/m0/s1. The molecule has 0 saturated heterocycles. The molecule has 0 saturated carbocycles. The molecule has 9 nitrogen and oxygen atoms in total. The number of hydrogen-bond donors (Lipinski definition) is 6. The number of carbonyl (C=O) groups is 1. The Morgan fingerprint density at radius 3 is 2.00 bits per heavy atom. The van der Waals surface area contributed by atoms with Gasteiger partial charge in [-0.15, -0.1) is 0 Å². The van der Waals surface area contributed by atoms with Crippen molar-refractivity contribution < 1.29 is 38.2 Å². The molecule has 16 heavy (non-hydrogen) atoms. The van der Waals surface area contributed by atoms with Crippen LogP contribution in [0, 0.1) is 0 Å². The van der Waals surface area contributed by atoms with Gasteiger partial charge in [-0.05, 0) is 0 Å². The fraction of sp³-hybridized carbons (Fsp3) is 0.833. The average molecular weight is 259 g/mol. The number of hydrogen-bond acceptors (Lipinski definition) is 7. The molecule has 0 heterocycles. The summed E-state index contributed by atoms with van der Waals surface area (Å²) in [5, 5.41) is 35.8. The summed E-state index contributed by atoms with van der Waals surface area (Å²) >= 11 is 0. The van der Waals surface area contributed by atoms with E-state index in [4.69, 9.17) is 19.9 Å². The molecule has 0 fully saturated rings. The van der Waals surface area contributed by atoms with Crippen LogP contribution in [-0.2, 0) is 15.1 Å². The smallest absolute Gasteiger partial charge is 0.334 e. The lowest BCUT2D eigenvalue weighted by Gasteiger charge is -2.25. The number of aliphatic hydroxyl groups is 4. The zero-order valence-corrected chi connectivity index (χ0v) is 8.78. The van der Waals surface area contributed by atoms with Crippen LogP contribution in [0.3, 0.4) is 0 Å². The molecule has 0 bridgehead atoms. The van der Waals surface area contributed by atoms with Gasteiger partial charge in [0.05, 0.1) is 6.61 Å². The monoisotopic (exact) mass is 259 g/mol. The van der Waals surface area contributed by atoms with Crippen molar-refractivity contribution in [1.29, 1.82) is 0 Å². The van der Waals surface area contributed by atoms with Crippen LogP contribution in [0.1, 0.15) is 0 Å². The summed E-state index contributed by atoms with van der Waals surface area (Å²) in [7, 11) is -4.74. The zero-order valence-electron chi connectivity index (χ0n) is 7.96. The second-order valence-electron chi connectivity index (χ2n) is 2.99. The Hall–Kier alpha value is -0.620. The summed E-state index contributed by atoms with van der Waals surface area (Å²) in [6.45, 7) is -0.893. The van der Waals surface area contributed by atoms with E-state index in [1.807, 2.05) is 0 Å². The maximum Gasteiger partial charge on any atom is 0.334 e. The summed E-state index contributed by atoms with van der Waals surface area (Å²) in [6, 6.07) is -1.84. The third kappa shape index (κ3) is 4.94. The highest BCUT2D eigenvalue weighted by molar-refractivity contribution is 7.83. The van der Waals surface area contributed by atoms with Crippen LogP contribution in [0.5, 0.6) is 0 Å². The topological polar surface area (TPSA) is 164 Å². The van der Waals surface area contributed by atoms with Crippen LogP contribution in [0.15, 0.2) is 0 Å². The second kappa shape index (κ2) is 6.20. The van der Waals surface area contributed by atoms with Gasteiger partial charge in [-0.25, -0.2) is 0 Å². The quantitative estimate of drug-likeness (QED) is 0.199. The number of aldehydes is 1. The van der Waals surface area contributed by atoms with Gasteiger partial charge < -0.3 is 25.2 Å². The molecule has 96 valence electrons. The van der Waals surface area contributed by atoms with E-state index in [2.05, 4.69) is 0 Å². The first-order chi connectivity index (χ1) is 7.22. The molecule has 10 heteroatoms. The van der Waals surface area contributed by atoms with Crippen molar-refractivity contribution in [2.45, 2.75) is 24.4 Å². The highest BCUT2D eigenvalue weighted by Gasteiger charge is 2.32. The summed E-state index contributed by atoms with van der Waals surface area (Å²) in [5.41, 5.74) is 0. The van der Waals surface area contributed by atoms with Gasteiger partial charge in [0.25, 0.3) is 0 Å². The molecule has 0 aromatic rings. The molecule has 0 radical (unpaired) electrons. The predicted molar refractivity (Wildman–Crippen MR) is 49.6 cm³/mol. The largest absolute Gasteiger partial charge is 0.394 e. The lowest BCUT2D eigenvalue weighted by atomic mass is 10.0. The third-order valence-electron chi connectivity index (χ3n) is 1.73.